The number of aliphatic carboxylic acids is 1. The van der Waals surface area contributed by atoms with Gasteiger partial charge >= 0.3 is 12.1 Å². The molecule has 0 bridgehead atoms. The normalized spacial score (nSPS) is 12.3. The number of aryl methyl sites for hydroxylation is 1. The number of hydrogen-bond donors (Lipinski definition) is 1. The SMILES string of the molecule is Cc1cc(S[C@@H](C)c2sc(-c3ccc(C(F)(F)F)cc3)nc2CSc2ccccc2)ccc1OCC(=O)O. The summed E-state index contributed by atoms with van der Waals surface area (Å²) in [7, 11) is 0. The number of halogens is 3. The number of aromatic nitrogens is 1. The first kappa shape index (κ1) is 28.1. The van der Waals surface area contributed by atoms with Gasteiger partial charge in [0.1, 0.15) is 10.8 Å². The molecular weight excluding hydrogens is 552 g/mol. The fourth-order valence-corrected chi connectivity index (χ4v) is 6.95. The van der Waals surface area contributed by atoms with E-state index >= 15 is 0 Å². The van der Waals surface area contributed by atoms with Crippen molar-refractivity contribution in [2.24, 2.45) is 0 Å². The number of thiazole rings is 1. The first-order chi connectivity index (χ1) is 18.1. The molecule has 1 atom stereocenters. The van der Waals surface area contributed by atoms with Crippen LogP contribution in [0.15, 0.2) is 82.6 Å². The van der Waals surface area contributed by atoms with Crippen LogP contribution in [-0.4, -0.2) is 22.7 Å². The number of carboxylic acid groups (broad SMARTS) is 1. The van der Waals surface area contributed by atoms with E-state index < -0.39 is 24.3 Å². The van der Waals surface area contributed by atoms with E-state index in [-0.39, 0.29) is 5.25 Å². The van der Waals surface area contributed by atoms with Gasteiger partial charge in [-0.25, -0.2) is 9.78 Å². The Morgan fingerprint density at radius 1 is 1.05 bits per heavy atom. The van der Waals surface area contributed by atoms with Crippen LogP contribution in [0.2, 0.25) is 0 Å². The maximum atomic E-state index is 13.0. The molecule has 1 N–H and O–H groups in total. The van der Waals surface area contributed by atoms with Gasteiger partial charge in [0.25, 0.3) is 0 Å². The number of hydrogen-bond acceptors (Lipinski definition) is 6. The largest absolute Gasteiger partial charge is 0.482 e. The summed E-state index contributed by atoms with van der Waals surface area (Å²) in [5.74, 6) is 0.112. The number of carbonyl (C=O) groups is 1. The van der Waals surface area contributed by atoms with Crippen molar-refractivity contribution < 1.29 is 27.8 Å². The highest BCUT2D eigenvalue weighted by atomic mass is 32.2. The Kier molecular flexibility index (Phi) is 9.07. The predicted octanol–water partition coefficient (Wildman–Crippen LogP) is 8.75. The molecule has 0 unspecified atom stereocenters. The monoisotopic (exact) mass is 575 g/mol. The third kappa shape index (κ3) is 7.33. The molecule has 0 aliphatic carbocycles. The highest BCUT2D eigenvalue weighted by molar-refractivity contribution is 7.99. The van der Waals surface area contributed by atoms with Crippen molar-refractivity contribution in [3.8, 4) is 16.3 Å². The molecular formula is C28H24F3NO3S3. The minimum Gasteiger partial charge on any atom is -0.482 e. The van der Waals surface area contributed by atoms with Crippen LogP contribution in [0.5, 0.6) is 5.75 Å². The van der Waals surface area contributed by atoms with Gasteiger partial charge in [-0.1, -0.05) is 30.3 Å². The Morgan fingerprint density at radius 3 is 2.39 bits per heavy atom. The van der Waals surface area contributed by atoms with Crippen molar-refractivity contribution in [3.05, 3.63) is 94.5 Å². The summed E-state index contributed by atoms with van der Waals surface area (Å²) >= 11 is 4.78. The second-order valence-electron chi connectivity index (χ2n) is 8.38. The van der Waals surface area contributed by atoms with Crippen molar-refractivity contribution in [1.29, 1.82) is 0 Å². The molecule has 0 spiro atoms. The lowest BCUT2D eigenvalue weighted by molar-refractivity contribution is -0.139. The molecule has 4 rings (SSSR count). The summed E-state index contributed by atoms with van der Waals surface area (Å²) in [6, 6.07) is 20.7. The minimum absolute atomic E-state index is 0.0206. The van der Waals surface area contributed by atoms with Gasteiger partial charge < -0.3 is 9.84 Å². The number of thioether (sulfide) groups is 2. The van der Waals surface area contributed by atoms with Gasteiger partial charge in [0, 0.05) is 31.2 Å². The number of alkyl halides is 3. The van der Waals surface area contributed by atoms with Gasteiger partial charge in [0.05, 0.1) is 11.3 Å². The third-order valence-electron chi connectivity index (χ3n) is 5.49. The number of carboxylic acids is 1. The van der Waals surface area contributed by atoms with E-state index in [1.54, 1.807) is 29.6 Å². The van der Waals surface area contributed by atoms with E-state index in [0.29, 0.717) is 22.1 Å². The average Bonchev–Trinajstić information content (AvgIpc) is 3.31. The minimum atomic E-state index is -4.39. The molecule has 0 amide bonds. The van der Waals surface area contributed by atoms with E-state index in [2.05, 4.69) is 6.92 Å². The molecule has 4 nitrogen and oxygen atoms in total. The summed E-state index contributed by atoms with van der Waals surface area (Å²) < 4.78 is 44.5. The second-order valence-corrected chi connectivity index (χ2v) is 11.9. The topological polar surface area (TPSA) is 59.4 Å². The van der Waals surface area contributed by atoms with E-state index in [9.17, 15) is 18.0 Å². The molecule has 0 saturated heterocycles. The molecule has 0 aliphatic rings. The van der Waals surface area contributed by atoms with E-state index in [0.717, 1.165) is 38.1 Å². The van der Waals surface area contributed by atoms with Crippen molar-refractivity contribution in [2.75, 3.05) is 6.61 Å². The van der Waals surface area contributed by atoms with Gasteiger partial charge in [-0.2, -0.15) is 13.2 Å². The molecule has 10 heteroatoms. The molecule has 4 aromatic rings. The zero-order valence-electron chi connectivity index (χ0n) is 20.5. The van der Waals surface area contributed by atoms with Gasteiger partial charge in [-0.3, -0.25) is 0 Å². The van der Waals surface area contributed by atoms with Gasteiger partial charge in [-0.05, 0) is 61.9 Å². The standard InChI is InChI=1S/C28H24F3NO3S3/c1-17-14-22(12-13-24(17)35-15-25(33)34)37-18(2)26-23(16-36-21-6-4-3-5-7-21)32-27(38-26)19-8-10-20(11-9-19)28(29,30)31/h3-14,18H,15-16H2,1-2H3,(H,33,34)/t18-/m0/s1. The molecule has 1 aromatic heterocycles. The number of nitrogens with zero attached hydrogens (tertiary/aromatic N) is 1. The highest BCUT2D eigenvalue weighted by Crippen LogP contribution is 2.44. The van der Waals surface area contributed by atoms with Crippen LogP contribution in [0.3, 0.4) is 0 Å². The van der Waals surface area contributed by atoms with E-state index in [4.69, 9.17) is 14.8 Å². The Labute approximate surface area is 231 Å². The van der Waals surface area contributed by atoms with E-state index in [1.807, 2.05) is 49.4 Å². The van der Waals surface area contributed by atoms with Crippen LogP contribution in [0.1, 0.15) is 33.9 Å². The maximum absolute atomic E-state index is 13.0. The zero-order chi connectivity index (χ0) is 27.3. The smallest absolute Gasteiger partial charge is 0.416 e. The van der Waals surface area contributed by atoms with Crippen molar-refractivity contribution in [1.82, 2.24) is 4.98 Å². The van der Waals surface area contributed by atoms with Crippen LogP contribution < -0.4 is 4.74 Å². The number of ether oxygens (including phenoxy) is 1. The highest BCUT2D eigenvalue weighted by Gasteiger charge is 2.30. The van der Waals surface area contributed by atoms with Gasteiger partial charge in [-0.15, -0.1) is 34.9 Å². The van der Waals surface area contributed by atoms with Crippen LogP contribution in [0, 0.1) is 6.92 Å². The van der Waals surface area contributed by atoms with Gasteiger partial charge in [0.15, 0.2) is 6.61 Å². The molecule has 0 radical (unpaired) electrons. The molecule has 0 aliphatic heterocycles. The lowest BCUT2D eigenvalue weighted by Gasteiger charge is -2.13. The molecule has 1 heterocycles. The van der Waals surface area contributed by atoms with Crippen molar-refractivity contribution >= 4 is 40.8 Å². The quantitative estimate of drug-likeness (QED) is 0.191. The van der Waals surface area contributed by atoms with E-state index in [1.165, 1.54) is 23.5 Å². The van der Waals surface area contributed by atoms with Gasteiger partial charge in [0.2, 0.25) is 0 Å². The Balaban J connectivity index is 1.58. The third-order valence-corrected chi connectivity index (χ3v) is 9.10. The molecule has 3 aromatic carbocycles. The molecule has 198 valence electrons. The Bertz CT molecular complexity index is 1390. The first-order valence-electron chi connectivity index (χ1n) is 11.6. The summed E-state index contributed by atoms with van der Waals surface area (Å²) in [4.78, 5) is 18.8. The Hall–Kier alpha value is -2.95. The zero-order valence-corrected chi connectivity index (χ0v) is 22.9. The molecule has 0 fully saturated rings. The summed E-state index contributed by atoms with van der Waals surface area (Å²) in [5.41, 5.74) is 1.69. The van der Waals surface area contributed by atoms with Crippen LogP contribution >= 0.6 is 34.9 Å². The van der Waals surface area contributed by atoms with Crippen LogP contribution in [0.4, 0.5) is 13.2 Å². The van der Waals surface area contributed by atoms with Crippen LogP contribution in [-0.2, 0) is 16.7 Å². The first-order valence-corrected chi connectivity index (χ1v) is 14.3. The predicted molar refractivity (Wildman–Crippen MR) is 147 cm³/mol. The number of benzene rings is 3. The Morgan fingerprint density at radius 2 is 1.76 bits per heavy atom. The summed E-state index contributed by atoms with van der Waals surface area (Å²) in [6.07, 6.45) is -4.39. The van der Waals surface area contributed by atoms with Crippen molar-refractivity contribution in [3.63, 3.8) is 0 Å². The molecule has 38 heavy (non-hydrogen) atoms. The lowest BCUT2D eigenvalue weighted by atomic mass is 10.1. The lowest BCUT2D eigenvalue weighted by Crippen LogP contribution is -2.10. The fourth-order valence-electron chi connectivity index (χ4n) is 3.63. The second kappa shape index (κ2) is 12.3. The fraction of sp³-hybridized carbons (Fsp3) is 0.214. The van der Waals surface area contributed by atoms with Crippen LogP contribution in [0.25, 0.3) is 10.6 Å². The number of rotatable bonds is 10. The maximum Gasteiger partial charge on any atom is 0.416 e. The van der Waals surface area contributed by atoms with Crippen molar-refractivity contribution in [2.45, 2.75) is 40.8 Å². The average molecular weight is 576 g/mol. The molecule has 0 saturated carbocycles. The summed E-state index contributed by atoms with van der Waals surface area (Å²) in [6.45, 7) is 3.54. The summed E-state index contributed by atoms with van der Waals surface area (Å²) in [5, 5.41) is 9.56.